The number of Topliss-reactive ketones (excluding diaryl/α,β-unsaturated/α-hetero) is 1. The number of hydrogen-bond donors (Lipinski definition) is 0. The molecule has 1 nitrogen and oxygen atoms in total. The molecule has 0 radical (unpaired) electrons. The van der Waals surface area contributed by atoms with Crippen molar-refractivity contribution in [3.8, 4) is 0 Å². The van der Waals surface area contributed by atoms with Crippen LogP contribution in [-0.4, -0.2) is 19.9 Å². The highest BCUT2D eigenvalue weighted by atomic mass is 27.2. The third-order valence-corrected chi connectivity index (χ3v) is 6.14. The van der Waals surface area contributed by atoms with Crippen LogP contribution >= 0.6 is 0 Å². The Kier molecular flexibility index (Phi) is 2.32. The van der Waals surface area contributed by atoms with E-state index >= 15 is 0 Å². The van der Waals surface area contributed by atoms with Crippen LogP contribution in [0.25, 0.3) is 0 Å². The molecule has 1 unspecified atom stereocenters. The van der Waals surface area contributed by atoms with Gasteiger partial charge in [0, 0.05) is 6.42 Å². The molecule has 1 saturated carbocycles. The van der Waals surface area contributed by atoms with Crippen LogP contribution in [0.1, 0.15) is 20.3 Å². The smallest absolute Gasteiger partial charge is 0.276 e. The van der Waals surface area contributed by atoms with E-state index in [1.165, 1.54) is 10.6 Å². The van der Waals surface area contributed by atoms with E-state index in [-0.39, 0.29) is 0 Å². The second-order valence-electron chi connectivity index (χ2n) is 2.85. The molecule has 0 aromatic rings. The minimum atomic E-state index is -0.562. The summed E-state index contributed by atoms with van der Waals surface area (Å²) in [5, 5.41) is 2.62. The topological polar surface area (TPSA) is 17.1 Å². The van der Waals surface area contributed by atoms with Crippen molar-refractivity contribution in [2.24, 2.45) is 0 Å². The van der Waals surface area contributed by atoms with Crippen LogP contribution in [0.15, 0.2) is 0 Å². The van der Waals surface area contributed by atoms with Crippen molar-refractivity contribution in [3.05, 3.63) is 0 Å². The maximum absolute atomic E-state index is 10.7. The van der Waals surface area contributed by atoms with Crippen LogP contribution in [-0.2, 0) is 4.79 Å². The molecule has 0 saturated heterocycles. The van der Waals surface area contributed by atoms with E-state index in [1.807, 2.05) is 0 Å². The highest BCUT2D eigenvalue weighted by Crippen LogP contribution is 2.37. The zero-order valence-corrected chi connectivity index (χ0v) is 7.34. The third kappa shape index (κ3) is 1.56. The molecule has 0 amide bonds. The lowest BCUT2D eigenvalue weighted by Crippen LogP contribution is -2.09. The fourth-order valence-electron chi connectivity index (χ4n) is 1.45. The van der Waals surface area contributed by atoms with Gasteiger partial charge in [0.25, 0.3) is 14.1 Å². The molecule has 2 heteroatoms. The Morgan fingerprint density at radius 2 is 2.00 bits per heavy atom. The molecule has 0 aliphatic heterocycles. The van der Waals surface area contributed by atoms with Crippen molar-refractivity contribution in [2.75, 3.05) is 0 Å². The number of hydrogen-bond acceptors (Lipinski definition) is 1. The first-order valence-electron chi connectivity index (χ1n) is 3.82. The minimum absolute atomic E-state index is 0.551. The van der Waals surface area contributed by atoms with Crippen molar-refractivity contribution in [1.29, 1.82) is 0 Å². The standard InChI is InChI=1S/C3H3O.2C2H5.Al/c4-3-1-2-3;2*1-2;/h1H,2H2;2*1H2,2H3;. The van der Waals surface area contributed by atoms with E-state index in [2.05, 4.69) is 13.8 Å². The second kappa shape index (κ2) is 2.86. The Bertz CT molecular complexity index is 118. The SMILES string of the molecule is C[CH2][Al]([CH2]C)[CH]1CC1=O. The lowest BCUT2D eigenvalue weighted by atomic mass is 10.9. The van der Waals surface area contributed by atoms with Gasteiger partial charge in [0.15, 0.2) is 0 Å². The van der Waals surface area contributed by atoms with Crippen molar-refractivity contribution in [1.82, 2.24) is 0 Å². The monoisotopic (exact) mass is 140 g/mol. The van der Waals surface area contributed by atoms with E-state index in [0.717, 1.165) is 6.42 Å². The molecule has 0 spiro atoms. The average Bonchev–Trinajstić information content (AvgIpc) is 2.51. The molecule has 1 atom stereocenters. The number of ketones is 1. The largest absolute Gasteiger partial charge is 0.301 e. The maximum Gasteiger partial charge on any atom is 0.276 e. The molecular weight excluding hydrogens is 127 g/mol. The van der Waals surface area contributed by atoms with Gasteiger partial charge in [-0.1, -0.05) is 24.4 Å². The van der Waals surface area contributed by atoms with Crippen LogP contribution in [0.5, 0.6) is 0 Å². The fraction of sp³-hybridized carbons (Fsp3) is 0.857. The normalized spacial score (nSPS) is 24.2. The Balaban J connectivity index is 2.31. The van der Waals surface area contributed by atoms with Crippen molar-refractivity contribution < 1.29 is 4.79 Å². The van der Waals surface area contributed by atoms with Gasteiger partial charge >= 0.3 is 0 Å². The Labute approximate surface area is 60.8 Å². The van der Waals surface area contributed by atoms with Crippen LogP contribution < -0.4 is 0 Å². The molecular formula is C7H13AlO. The summed E-state index contributed by atoms with van der Waals surface area (Å²) in [4.78, 5) is 10.7. The van der Waals surface area contributed by atoms with E-state index < -0.39 is 14.1 Å². The van der Waals surface area contributed by atoms with Crippen molar-refractivity contribution >= 4 is 19.9 Å². The first kappa shape index (κ1) is 7.31. The maximum atomic E-state index is 10.7. The predicted octanol–water partition coefficient (Wildman–Crippen LogP) is 1.86. The Morgan fingerprint density at radius 3 is 2.11 bits per heavy atom. The van der Waals surface area contributed by atoms with E-state index in [4.69, 9.17) is 0 Å². The lowest BCUT2D eigenvalue weighted by molar-refractivity contribution is -0.109. The summed E-state index contributed by atoms with van der Waals surface area (Å²) < 4.78 is 0.597. The van der Waals surface area contributed by atoms with Gasteiger partial charge in [-0.05, 0) is 4.78 Å². The predicted molar refractivity (Wildman–Crippen MR) is 40.1 cm³/mol. The summed E-state index contributed by atoms with van der Waals surface area (Å²) in [5.41, 5.74) is 0. The van der Waals surface area contributed by atoms with E-state index in [1.54, 1.807) is 0 Å². The van der Waals surface area contributed by atoms with Crippen LogP contribution in [0.2, 0.25) is 15.3 Å². The number of carbonyl (C=O) groups excluding carboxylic acids is 1. The first-order chi connectivity index (χ1) is 4.29. The van der Waals surface area contributed by atoms with E-state index in [9.17, 15) is 4.79 Å². The molecule has 1 rings (SSSR count). The van der Waals surface area contributed by atoms with Gasteiger partial charge < -0.3 is 4.79 Å². The molecule has 0 aromatic carbocycles. The number of carbonyl (C=O) groups is 1. The molecule has 1 aliphatic rings. The first-order valence-corrected chi connectivity index (χ1v) is 6.12. The molecule has 0 N–H and O–H groups in total. The van der Waals surface area contributed by atoms with Crippen LogP contribution in [0.3, 0.4) is 0 Å². The van der Waals surface area contributed by atoms with Gasteiger partial charge in [-0.15, -0.1) is 0 Å². The van der Waals surface area contributed by atoms with Gasteiger partial charge in [0.05, 0.1) is 0 Å². The Hall–Kier alpha value is 0.202. The molecule has 0 bridgehead atoms. The summed E-state index contributed by atoms with van der Waals surface area (Å²) in [5.74, 6) is 0.551. The zero-order valence-electron chi connectivity index (χ0n) is 6.18. The van der Waals surface area contributed by atoms with Gasteiger partial charge in [-0.2, -0.15) is 0 Å². The molecule has 1 aliphatic carbocycles. The van der Waals surface area contributed by atoms with Gasteiger partial charge in [0.2, 0.25) is 0 Å². The van der Waals surface area contributed by atoms with Crippen molar-refractivity contribution in [3.63, 3.8) is 0 Å². The summed E-state index contributed by atoms with van der Waals surface area (Å²) >= 11 is -0.562. The highest BCUT2D eigenvalue weighted by molar-refractivity contribution is 6.67. The Morgan fingerprint density at radius 1 is 1.56 bits per heavy atom. The van der Waals surface area contributed by atoms with Gasteiger partial charge in [0.1, 0.15) is 5.78 Å². The van der Waals surface area contributed by atoms with Gasteiger partial charge in [-0.25, -0.2) is 0 Å². The molecule has 9 heavy (non-hydrogen) atoms. The van der Waals surface area contributed by atoms with Crippen LogP contribution in [0, 0.1) is 0 Å². The fourth-order valence-corrected chi connectivity index (χ4v) is 4.25. The zero-order chi connectivity index (χ0) is 6.85. The molecule has 0 heterocycles. The second-order valence-corrected chi connectivity index (χ2v) is 6.81. The third-order valence-electron chi connectivity index (χ3n) is 2.29. The van der Waals surface area contributed by atoms with Gasteiger partial charge in [-0.3, -0.25) is 0 Å². The summed E-state index contributed by atoms with van der Waals surface area (Å²) in [6.07, 6.45) is 0.929. The molecule has 1 fully saturated rings. The van der Waals surface area contributed by atoms with Crippen LogP contribution in [0.4, 0.5) is 0 Å². The highest BCUT2D eigenvalue weighted by Gasteiger charge is 2.42. The quantitative estimate of drug-likeness (QED) is 0.547. The molecule has 0 aromatic heterocycles. The molecule has 50 valence electrons. The number of rotatable bonds is 3. The lowest BCUT2D eigenvalue weighted by Gasteiger charge is -1.98. The average molecular weight is 140 g/mol. The summed E-state index contributed by atoms with van der Waals surface area (Å²) in [6, 6.07) is 0. The summed E-state index contributed by atoms with van der Waals surface area (Å²) in [6.45, 7) is 4.46. The summed E-state index contributed by atoms with van der Waals surface area (Å²) in [7, 11) is 0. The van der Waals surface area contributed by atoms with Crippen molar-refractivity contribution in [2.45, 2.75) is 35.6 Å². The van der Waals surface area contributed by atoms with E-state index in [0.29, 0.717) is 10.6 Å². The minimum Gasteiger partial charge on any atom is -0.301 e.